The van der Waals surface area contributed by atoms with Crippen LogP contribution in [0.3, 0.4) is 0 Å². The molecule has 0 aliphatic heterocycles. The number of rotatable bonds is 5. The van der Waals surface area contributed by atoms with Crippen molar-refractivity contribution in [3.63, 3.8) is 0 Å². The van der Waals surface area contributed by atoms with Crippen LogP contribution in [0.1, 0.15) is 20.3 Å². The normalized spacial score (nSPS) is 8.46. The zero-order valence-corrected chi connectivity index (χ0v) is 8.23. The number of carbonyl (C=O) groups is 1. The first-order valence-corrected chi connectivity index (χ1v) is 4.56. The molecule has 4 heteroatoms. The number of imidazole rings is 1. The van der Waals surface area contributed by atoms with Gasteiger partial charge in [-0.1, -0.05) is 13.8 Å². The largest absolute Gasteiger partial charge is 0.359 e. The lowest BCUT2D eigenvalue weighted by molar-refractivity contribution is -0.109. The minimum absolute atomic E-state index is 0.716. The summed E-state index contributed by atoms with van der Waals surface area (Å²) in [5.74, 6) is 0. The van der Waals surface area contributed by atoms with Crippen molar-refractivity contribution in [2.45, 2.75) is 26.8 Å². The third-order valence-corrected chi connectivity index (χ3v) is 1.38. The molecule has 0 bridgehead atoms. The number of amides is 1. The standard InChI is InChI=1S/C7H11N3O.C2H6/c11-7-9-2-1-4-10-5-3-8-6-10;1-2/h3,5-7H,1-2,4H2,(H,9,11);1-2H3. The van der Waals surface area contributed by atoms with E-state index in [4.69, 9.17) is 0 Å². The Bertz CT molecular complexity index is 197. The van der Waals surface area contributed by atoms with Crippen LogP contribution < -0.4 is 5.32 Å². The van der Waals surface area contributed by atoms with Crippen molar-refractivity contribution in [3.8, 4) is 0 Å². The number of aromatic nitrogens is 2. The van der Waals surface area contributed by atoms with Gasteiger partial charge < -0.3 is 9.88 Å². The Kier molecular flexibility index (Phi) is 7.88. The van der Waals surface area contributed by atoms with Crippen molar-refractivity contribution >= 4 is 6.41 Å². The van der Waals surface area contributed by atoms with Gasteiger partial charge in [-0.3, -0.25) is 4.79 Å². The van der Waals surface area contributed by atoms with Crippen molar-refractivity contribution in [2.24, 2.45) is 0 Å². The highest BCUT2D eigenvalue weighted by Crippen LogP contribution is 1.87. The number of hydrogen-bond acceptors (Lipinski definition) is 2. The zero-order valence-electron chi connectivity index (χ0n) is 8.23. The van der Waals surface area contributed by atoms with E-state index in [2.05, 4.69) is 10.3 Å². The fourth-order valence-electron chi connectivity index (χ4n) is 0.842. The molecular formula is C9H17N3O. The van der Waals surface area contributed by atoms with Crippen LogP contribution in [0.25, 0.3) is 0 Å². The van der Waals surface area contributed by atoms with Crippen LogP contribution in [0.15, 0.2) is 18.7 Å². The zero-order chi connectivity index (χ0) is 9.94. The molecule has 0 atom stereocenters. The summed E-state index contributed by atoms with van der Waals surface area (Å²) in [7, 11) is 0. The molecule has 4 nitrogen and oxygen atoms in total. The van der Waals surface area contributed by atoms with Gasteiger partial charge in [-0.25, -0.2) is 4.98 Å². The summed E-state index contributed by atoms with van der Waals surface area (Å²) in [5, 5.41) is 2.60. The summed E-state index contributed by atoms with van der Waals surface area (Å²) < 4.78 is 1.98. The summed E-state index contributed by atoms with van der Waals surface area (Å²) in [4.78, 5) is 13.7. The number of aryl methyl sites for hydroxylation is 1. The SMILES string of the molecule is CC.O=CNCCCn1ccnc1. The first-order valence-electron chi connectivity index (χ1n) is 4.56. The van der Waals surface area contributed by atoms with E-state index in [1.807, 2.05) is 24.6 Å². The van der Waals surface area contributed by atoms with Gasteiger partial charge in [0.15, 0.2) is 0 Å². The molecule has 0 fully saturated rings. The van der Waals surface area contributed by atoms with E-state index in [9.17, 15) is 4.79 Å². The molecule has 1 aromatic rings. The van der Waals surface area contributed by atoms with Crippen molar-refractivity contribution in [1.82, 2.24) is 14.9 Å². The van der Waals surface area contributed by atoms with Crippen LogP contribution in [-0.4, -0.2) is 22.5 Å². The second kappa shape index (κ2) is 8.77. The van der Waals surface area contributed by atoms with E-state index in [0.717, 1.165) is 19.5 Å². The molecule has 1 amide bonds. The number of nitrogens with one attached hydrogen (secondary N) is 1. The maximum Gasteiger partial charge on any atom is 0.207 e. The molecule has 0 radical (unpaired) electrons. The maximum atomic E-state index is 9.84. The number of hydrogen-bond donors (Lipinski definition) is 1. The van der Waals surface area contributed by atoms with Crippen molar-refractivity contribution < 1.29 is 4.79 Å². The Hall–Kier alpha value is -1.32. The van der Waals surface area contributed by atoms with Crippen LogP contribution in [0.2, 0.25) is 0 Å². The Labute approximate surface area is 79.0 Å². The molecule has 1 rings (SSSR count). The lowest BCUT2D eigenvalue weighted by atomic mass is 10.4. The summed E-state index contributed by atoms with van der Waals surface area (Å²) in [6.45, 7) is 5.63. The van der Waals surface area contributed by atoms with Crippen LogP contribution >= 0.6 is 0 Å². The third-order valence-electron chi connectivity index (χ3n) is 1.38. The monoisotopic (exact) mass is 183 g/mol. The highest BCUT2D eigenvalue weighted by atomic mass is 16.1. The summed E-state index contributed by atoms with van der Waals surface area (Å²) >= 11 is 0. The predicted molar refractivity (Wildman–Crippen MR) is 52.3 cm³/mol. The first-order chi connectivity index (χ1) is 6.43. The molecule has 0 aliphatic carbocycles. The fraction of sp³-hybridized carbons (Fsp3) is 0.556. The van der Waals surface area contributed by atoms with Gasteiger partial charge in [0.25, 0.3) is 0 Å². The van der Waals surface area contributed by atoms with Gasteiger partial charge in [0.05, 0.1) is 6.33 Å². The average Bonchev–Trinajstić information content (AvgIpc) is 2.68. The van der Waals surface area contributed by atoms with Gasteiger partial charge >= 0.3 is 0 Å². The Balaban J connectivity index is 0.000000671. The molecule has 0 saturated heterocycles. The van der Waals surface area contributed by atoms with E-state index >= 15 is 0 Å². The number of nitrogens with zero attached hydrogens (tertiary/aromatic N) is 2. The van der Waals surface area contributed by atoms with Gasteiger partial charge in [-0.05, 0) is 6.42 Å². The lowest BCUT2D eigenvalue weighted by Gasteiger charge is -1.99. The van der Waals surface area contributed by atoms with Crippen LogP contribution in [-0.2, 0) is 11.3 Å². The van der Waals surface area contributed by atoms with Gasteiger partial charge in [0.1, 0.15) is 0 Å². The second-order valence-corrected chi connectivity index (χ2v) is 2.23. The molecule has 1 aromatic heterocycles. The average molecular weight is 183 g/mol. The second-order valence-electron chi connectivity index (χ2n) is 2.23. The summed E-state index contributed by atoms with van der Waals surface area (Å²) in [6, 6.07) is 0. The van der Waals surface area contributed by atoms with Crippen molar-refractivity contribution in [1.29, 1.82) is 0 Å². The topological polar surface area (TPSA) is 46.9 Å². The first kappa shape index (κ1) is 11.7. The van der Waals surface area contributed by atoms with Crippen molar-refractivity contribution in [3.05, 3.63) is 18.7 Å². The van der Waals surface area contributed by atoms with E-state index in [1.54, 1.807) is 12.5 Å². The molecule has 74 valence electrons. The smallest absolute Gasteiger partial charge is 0.207 e. The molecule has 0 unspecified atom stereocenters. The molecular weight excluding hydrogens is 166 g/mol. The van der Waals surface area contributed by atoms with E-state index < -0.39 is 0 Å². The number of carbonyl (C=O) groups excluding carboxylic acids is 1. The third kappa shape index (κ3) is 5.90. The molecule has 1 heterocycles. The molecule has 1 N–H and O–H groups in total. The van der Waals surface area contributed by atoms with Gasteiger partial charge in [0, 0.05) is 25.5 Å². The van der Waals surface area contributed by atoms with E-state index in [1.165, 1.54) is 0 Å². The van der Waals surface area contributed by atoms with Gasteiger partial charge in [-0.15, -0.1) is 0 Å². The van der Waals surface area contributed by atoms with Gasteiger partial charge in [0.2, 0.25) is 6.41 Å². The van der Waals surface area contributed by atoms with E-state index in [0.29, 0.717) is 6.41 Å². The van der Waals surface area contributed by atoms with E-state index in [-0.39, 0.29) is 0 Å². The molecule has 0 spiro atoms. The minimum atomic E-state index is 0.716. The molecule has 0 aliphatic rings. The minimum Gasteiger partial charge on any atom is -0.359 e. The van der Waals surface area contributed by atoms with Crippen LogP contribution in [0.4, 0.5) is 0 Å². The fourth-order valence-corrected chi connectivity index (χ4v) is 0.842. The Morgan fingerprint density at radius 1 is 1.54 bits per heavy atom. The Morgan fingerprint density at radius 3 is 2.85 bits per heavy atom. The summed E-state index contributed by atoms with van der Waals surface area (Å²) in [5.41, 5.74) is 0. The predicted octanol–water partition coefficient (Wildman–Crippen LogP) is 1.05. The molecule has 0 saturated carbocycles. The molecule has 0 aromatic carbocycles. The molecule has 13 heavy (non-hydrogen) atoms. The van der Waals surface area contributed by atoms with Crippen LogP contribution in [0, 0.1) is 0 Å². The van der Waals surface area contributed by atoms with Gasteiger partial charge in [-0.2, -0.15) is 0 Å². The highest BCUT2D eigenvalue weighted by Gasteiger charge is 1.88. The summed E-state index contributed by atoms with van der Waals surface area (Å²) in [6.07, 6.45) is 7.07. The Morgan fingerprint density at radius 2 is 2.31 bits per heavy atom. The lowest BCUT2D eigenvalue weighted by Crippen LogP contribution is -2.13. The van der Waals surface area contributed by atoms with Crippen LogP contribution in [0.5, 0.6) is 0 Å². The quantitative estimate of drug-likeness (QED) is 0.547. The van der Waals surface area contributed by atoms with Crippen molar-refractivity contribution in [2.75, 3.05) is 6.54 Å². The maximum absolute atomic E-state index is 9.84. The highest BCUT2D eigenvalue weighted by molar-refractivity contribution is 5.45.